The third-order valence-electron chi connectivity index (χ3n) is 7.79. The number of nitrogens with zero attached hydrogens (tertiary/aromatic N) is 1. The lowest BCUT2D eigenvalue weighted by Crippen LogP contribution is -2.10. The van der Waals surface area contributed by atoms with Crippen molar-refractivity contribution >= 4 is 75.7 Å². The second-order valence-corrected chi connectivity index (χ2v) is 12.6. The Hall–Kier alpha value is -3.73. The minimum Gasteiger partial charge on any atom is -0.497 e. The van der Waals surface area contributed by atoms with Crippen molar-refractivity contribution in [3.05, 3.63) is 89.4 Å². The molecule has 0 N–H and O–H groups in total. The number of thiophene rings is 1. The van der Waals surface area contributed by atoms with E-state index >= 15 is 0 Å². The van der Waals surface area contributed by atoms with Crippen molar-refractivity contribution in [2.45, 2.75) is 26.2 Å². The summed E-state index contributed by atoms with van der Waals surface area (Å²) in [5.41, 5.74) is 4.45. The Balaban J connectivity index is 1.52. The molecule has 2 heterocycles. The third-order valence-corrected chi connectivity index (χ3v) is 9.21. The summed E-state index contributed by atoms with van der Waals surface area (Å²) in [6.45, 7) is 6.73. The van der Waals surface area contributed by atoms with Crippen LogP contribution in [0, 0.1) is 0 Å². The van der Waals surface area contributed by atoms with E-state index in [0.29, 0.717) is 5.02 Å². The molecule has 0 aliphatic heterocycles. The van der Waals surface area contributed by atoms with Gasteiger partial charge in [0.15, 0.2) is 0 Å². The average molecular weight is 550 g/mol. The molecule has 5 heteroatoms. The van der Waals surface area contributed by atoms with E-state index in [1.165, 1.54) is 36.5 Å². The van der Waals surface area contributed by atoms with Crippen molar-refractivity contribution in [2.24, 2.45) is 0 Å². The Morgan fingerprint density at radius 2 is 1.54 bits per heavy atom. The molecule has 2 aromatic heterocycles. The zero-order chi connectivity index (χ0) is 27.1. The van der Waals surface area contributed by atoms with Crippen molar-refractivity contribution in [3.8, 4) is 17.2 Å². The fourth-order valence-corrected chi connectivity index (χ4v) is 7.14. The highest BCUT2D eigenvalue weighted by molar-refractivity contribution is 7.25. The van der Waals surface area contributed by atoms with Gasteiger partial charge in [0.1, 0.15) is 11.5 Å². The lowest BCUT2D eigenvalue weighted by atomic mass is 9.86. The number of benzene rings is 5. The van der Waals surface area contributed by atoms with Crippen LogP contribution in [0.1, 0.15) is 26.3 Å². The normalized spacial score (nSPS) is 12.4. The van der Waals surface area contributed by atoms with Crippen LogP contribution in [0.5, 0.6) is 11.5 Å². The lowest BCUT2D eigenvalue weighted by molar-refractivity contribution is 0.415. The van der Waals surface area contributed by atoms with E-state index in [1.54, 1.807) is 25.6 Å². The molecule has 7 rings (SSSR count). The molecule has 0 bridgehead atoms. The molecule has 0 atom stereocenters. The number of ether oxygens (including phenoxy) is 2. The van der Waals surface area contributed by atoms with Crippen LogP contribution < -0.4 is 9.47 Å². The zero-order valence-corrected chi connectivity index (χ0v) is 24.1. The minimum absolute atomic E-state index is 0.0248. The molecule has 0 saturated carbocycles. The highest BCUT2D eigenvalue weighted by atomic mass is 35.5. The number of halogens is 1. The van der Waals surface area contributed by atoms with Crippen LogP contribution in [-0.4, -0.2) is 18.8 Å². The molecule has 194 valence electrons. The SMILES string of the molecule is COc1ccc2c(c1)sc1cc3cc(-n4c5ccc(C(C)(C)C)cc5c5c(OC)ccc(Cl)c54)ccc3cc12. The van der Waals surface area contributed by atoms with Crippen molar-refractivity contribution in [1.29, 1.82) is 0 Å². The van der Waals surface area contributed by atoms with Crippen LogP contribution in [0.4, 0.5) is 0 Å². The standard InChI is InChI=1S/C34H28ClNO2S/c1-34(2,3)21-7-12-28-26(17-21)32-29(38-5)13-11-27(35)33(32)36(28)22-8-6-19-15-25-24-10-9-23(37-4)18-31(24)39-30(25)16-20(19)14-22/h6-18H,1-5H3. The Bertz CT molecular complexity index is 2090. The number of methoxy groups -OCH3 is 2. The van der Waals surface area contributed by atoms with Crippen LogP contribution in [0.25, 0.3) is 58.4 Å². The van der Waals surface area contributed by atoms with Crippen LogP contribution in [-0.2, 0) is 5.41 Å². The van der Waals surface area contributed by atoms with Gasteiger partial charge in [-0.15, -0.1) is 11.3 Å². The maximum atomic E-state index is 6.92. The van der Waals surface area contributed by atoms with Gasteiger partial charge in [-0.25, -0.2) is 0 Å². The van der Waals surface area contributed by atoms with Gasteiger partial charge in [0.05, 0.1) is 35.7 Å². The quantitative estimate of drug-likeness (QED) is 0.219. The Labute approximate surface area is 236 Å². The third kappa shape index (κ3) is 3.70. The molecule has 0 radical (unpaired) electrons. The van der Waals surface area contributed by atoms with Crippen molar-refractivity contribution in [1.82, 2.24) is 4.57 Å². The first-order valence-corrected chi connectivity index (χ1v) is 14.2. The summed E-state index contributed by atoms with van der Waals surface area (Å²) in [6.07, 6.45) is 0. The van der Waals surface area contributed by atoms with Gasteiger partial charge < -0.3 is 14.0 Å². The van der Waals surface area contributed by atoms with Gasteiger partial charge in [0.25, 0.3) is 0 Å². The predicted molar refractivity (Wildman–Crippen MR) is 168 cm³/mol. The summed E-state index contributed by atoms with van der Waals surface area (Å²) in [5.74, 6) is 1.71. The maximum Gasteiger partial charge on any atom is 0.128 e. The van der Waals surface area contributed by atoms with Crippen LogP contribution in [0.15, 0.2) is 78.9 Å². The van der Waals surface area contributed by atoms with Gasteiger partial charge >= 0.3 is 0 Å². The van der Waals surface area contributed by atoms with Gasteiger partial charge in [-0.2, -0.15) is 0 Å². The fraction of sp³-hybridized carbons (Fsp3) is 0.176. The molecule has 0 aliphatic carbocycles. The number of rotatable bonds is 3. The lowest BCUT2D eigenvalue weighted by Gasteiger charge is -2.19. The molecule has 5 aromatic carbocycles. The molecule has 0 amide bonds. The number of hydrogen-bond donors (Lipinski definition) is 0. The van der Waals surface area contributed by atoms with Gasteiger partial charge in [-0.1, -0.05) is 44.5 Å². The molecule has 3 nitrogen and oxygen atoms in total. The van der Waals surface area contributed by atoms with Gasteiger partial charge in [0.2, 0.25) is 0 Å². The second kappa shape index (κ2) is 8.64. The van der Waals surface area contributed by atoms with Gasteiger partial charge in [-0.05, 0) is 88.5 Å². The monoisotopic (exact) mass is 549 g/mol. The Morgan fingerprint density at radius 1 is 0.718 bits per heavy atom. The number of hydrogen-bond acceptors (Lipinski definition) is 3. The molecule has 7 aromatic rings. The van der Waals surface area contributed by atoms with Gasteiger partial charge in [-0.3, -0.25) is 0 Å². The molecule has 0 spiro atoms. The van der Waals surface area contributed by atoms with E-state index in [9.17, 15) is 0 Å². The minimum atomic E-state index is 0.0248. The fourth-order valence-electron chi connectivity index (χ4n) is 5.74. The topological polar surface area (TPSA) is 23.4 Å². The molecule has 0 unspecified atom stereocenters. The van der Waals surface area contributed by atoms with Crippen LogP contribution >= 0.6 is 22.9 Å². The zero-order valence-electron chi connectivity index (χ0n) is 22.6. The first-order valence-electron chi connectivity index (χ1n) is 13.0. The smallest absolute Gasteiger partial charge is 0.128 e. The summed E-state index contributed by atoms with van der Waals surface area (Å²) in [5, 5.41) is 7.83. The van der Waals surface area contributed by atoms with E-state index in [1.807, 2.05) is 18.2 Å². The molecule has 0 saturated heterocycles. The Morgan fingerprint density at radius 3 is 2.31 bits per heavy atom. The van der Waals surface area contributed by atoms with E-state index in [4.69, 9.17) is 21.1 Å². The highest BCUT2D eigenvalue weighted by Gasteiger charge is 2.22. The van der Waals surface area contributed by atoms with Crippen molar-refractivity contribution < 1.29 is 9.47 Å². The summed E-state index contributed by atoms with van der Waals surface area (Å²) < 4.78 is 16.1. The van der Waals surface area contributed by atoms with Gasteiger partial charge in [0, 0.05) is 31.2 Å². The largest absolute Gasteiger partial charge is 0.497 e. The number of fused-ring (bicyclic) bond motifs is 7. The van der Waals surface area contributed by atoms with E-state index < -0.39 is 0 Å². The predicted octanol–water partition coefficient (Wildman–Crippen LogP) is 10.3. The first kappa shape index (κ1) is 24.3. The molecular formula is C34H28ClNO2S. The van der Waals surface area contributed by atoms with Crippen LogP contribution in [0.2, 0.25) is 5.02 Å². The maximum absolute atomic E-state index is 6.92. The summed E-state index contributed by atoms with van der Waals surface area (Å²) in [4.78, 5) is 0. The summed E-state index contributed by atoms with van der Waals surface area (Å²) in [6, 6.07) is 28.2. The summed E-state index contributed by atoms with van der Waals surface area (Å²) >= 11 is 8.72. The average Bonchev–Trinajstić information content (AvgIpc) is 3.46. The molecule has 0 aliphatic rings. The van der Waals surface area contributed by atoms with E-state index in [0.717, 1.165) is 39.0 Å². The Kier molecular flexibility index (Phi) is 5.39. The molecular weight excluding hydrogens is 522 g/mol. The first-order chi connectivity index (χ1) is 18.8. The van der Waals surface area contributed by atoms with E-state index in [2.05, 4.69) is 86.0 Å². The molecule has 0 fully saturated rings. The summed E-state index contributed by atoms with van der Waals surface area (Å²) in [7, 11) is 3.44. The second-order valence-electron chi connectivity index (χ2n) is 11.1. The molecule has 39 heavy (non-hydrogen) atoms. The van der Waals surface area contributed by atoms with Crippen molar-refractivity contribution in [2.75, 3.05) is 14.2 Å². The number of aromatic nitrogens is 1. The van der Waals surface area contributed by atoms with Crippen molar-refractivity contribution in [3.63, 3.8) is 0 Å². The van der Waals surface area contributed by atoms with E-state index in [-0.39, 0.29) is 5.41 Å². The van der Waals surface area contributed by atoms with Crippen LogP contribution in [0.3, 0.4) is 0 Å². The highest BCUT2D eigenvalue weighted by Crippen LogP contribution is 2.43.